The van der Waals surface area contributed by atoms with E-state index in [4.69, 9.17) is 0 Å². The van der Waals surface area contributed by atoms with Crippen LogP contribution >= 0.6 is 0 Å². The van der Waals surface area contributed by atoms with Gasteiger partial charge < -0.3 is 5.32 Å². The zero-order chi connectivity index (χ0) is 14.5. The van der Waals surface area contributed by atoms with E-state index in [1.807, 2.05) is 31.2 Å². The monoisotopic (exact) mass is 274 g/mol. The van der Waals surface area contributed by atoms with Gasteiger partial charge >= 0.3 is 0 Å². The Kier molecular flexibility index (Phi) is 4.30. The van der Waals surface area contributed by atoms with Crippen LogP contribution in [0.5, 0.6) is 0 Å². The van der Waals surface area contributed by atoms with Gasteiger partial charge in [0, 0.05) is 18.3 Å². The van der Waals surface area contributed by atoms with E-state index in [9.17, 15) is 14.5 Å². The number of hydrogen-bond acceptors (Lipinski definition) is 3. The van der Waals surface area contributed by atoms with Gasteiger partial charge in [0.15, 0.2) is 0 Å². The number of nitrogens with zero attached hydrogens (tertiary/aromatic N) is 1. The molecule has 2 aromatic carbocycles. The molecule has 0 saturated carbocycles. The van der Waals surface area contributed by atoms with E-state index in [1.54, 1.807) is 0 Å². The molecule has 2 aromatic rings. The molecule has 1 N–H and O–H groups in total. The van der Waals surface area contributed by atoms with Crippen LogP contribution < -0.4 is 5.32 Å². The van der Waals surface area contributed by atoms with Gasteiger partial charge in [0.1, 0.15) is 5.82 Å². The van der Waals surface area contributed by atoms with Gasteiger partial charge in [0.05, 0.1) is 11.0 Å². The average molecular weight is 274 g/mol. The van der Waals surface area contributed by atoms with Crippen molar-refractivity contribution < 1.29 is 9.31 Å². The molecular weight excluding hydrogens is 259 g/mol. The van der Waals surface area contributed by atoms with Crippen LogP contribution in [0, 0.1) is 22.9 Å². The third-order valence-electron chi connectivity index (χ3n) is 3.08. The van der Waals surface area contributed by atoms with Crippen molar-refractivity contribution in [1.82, 2.24) is 0 Å². The lowest BCUT2D eigenvalue weighted by Crippen LogP contribution is -2.06. The molecular formula is C15H15FN2O2. The van der Waals surface area contributed by atoms with Gasteiger partial charge in [-0.3, -0.25) is 10.1 Å². The van der Waals surface area contributed by atoms with Crippen LogP contribution in [0.3, 0.4) is 0 Å². The number of benzene rings is 2. The third kappa shape index (κ3) is 3.54. The van der Waals surface area contributed by atoms with Crippen LogP contribution in [0.4, 0.5) is 15.8 Å². The number of non-ortho nitro benzene ring substituents is 1. The molecule has 0 aromatic heterocycles. The van der Waals surface area contributed by atoms with Crippen LogP contribution in [0.2, 0.25) is 0 Å². The number of rotatable bonds is 5. The number of nitro benzene ring substituents is 1. The molecule has 0 amide bonds. The lowest BCUT2D eigenvalue weighted by atomic mass is 10.1. The van der Waals surface area contributed by atoms with E-state index in [-0.39, 0.29) is 5.69 Å². The normalized spacial score (nSPS) is 10.3. The van der Waals surface area contributed by atoms with Crippen molar-refractivity contribution in [1.29, 1.82) is 0 Å². The summed E-state index contributed by atoms with van der Waals surface area (Å²) in [4.78, 5) is 10.1. The molecule has 0 spiro atoms. The van der Waals surface area contributed by atoms with Crippen molar-refractivity contribution in [2.75, 3.05) is 11.9 Å². The molecule has 0 unspecified atom stereocenters. The highest BCUT2D eigenvalue weighted by Crippen LogP contribution is 2.20. The summed E-state index contributed by atoms with van der Waals surface area (Å²) in [5.74, 6) is -0.613. The molecule has 5 heteroatoms. The summed E-state index contributed by atoms with van der Waals surface area (Å²) in [5.41, 5.74) is 2.57. The standard InChI is InChI=1S/C15H15FN2O2/c1-11-4-2-3-5-12(11)6-7-17-14-8-13(16)9-15(10-14)18(19)20/h2-5,8-10,17H,6-7H2,1H3. The minimum absolute atomic E-state index is 0.247. The van der Waals surface area contributed by atoms with Crippen molar-refractivity contribution in [3.8, 4) is 0 Å². The Morgan fingerprint density at radius 3 is 2.70 bits per heavy atom. The number of nitro groups is 1. The summed E-state index contributed by atoms with van der Waals surface area (Å²) < 4.78 is 13.3. The predicted octanol–water partition coefficient (Wildman–Crippen LogP) is 3.70. The third-order valence-corrected chi connectivity index (χ3v) is 3.08. The molecule has 0 aliphatic rings. The summed E-state index contributed by atoms with van der Waals surface area (Å²) in [6, 6.07) is 11.5. The largest absolute Gasteiger partial charge is 0.384 e. The van der Waals surface area contributed by atoms with E-state index >= 15 is 0 Å². The van der Waals surface area contributed by atoms with Gasteiger partial charge in [-0.1, -0.05) is 24.3 Å². The zero-order valence-electron chi connectivity index (χ0n) is 11.1. The lowest BCUT2D eigenvalue weighted by molar-refractivity contribution is -0.385. The molecule has 0 bridgehead atoms. The Bertz CT molecular complexity index is 629. The maximum atomic E-state index is 13.3. The quantitative estimate of drug-likeness (QED) is 0.668. The molecule has 0 heterocycles. The van der Waals surface area contributed by atoms with Crippen molar-refractivity contribution in [3.63, 3.8) is 0 Å². The molecule has 0 aliphatic carbocycles. The Morgan fingerprint density at radius 2 is 2.00 bits per heavy atom. The number of anilines is 1. The van der Waals surface area contributed by atoms with Gasteiger partial charge in [0.25, 0.3) is 5.69 Å². The first-order valence-electron chi connectivity index (χ1n) is 6.29. The molecule has 0 saturated heterocycles. The molecule has 4 nitrogen and oxygen atoms in total. The van der Waals surface area contributed by atoms with Gasteiger partial charge in [-0.25, -0.2) is 4.39 Å². The van der Waals surface area contributed by atoms with Crippen LogP contribution in [0.15, 0.2) is 42.5 Å². The Labute approximate surface area is 116 Å². The van der Waals surface area contributed by atoms with E-state index in [0.29, 0.717) is 12.2 Å². The smallest absolute Gasteiger partial charge is 0.274 e. The van der Waals surface area contributed by atoms with Crippen LogP contribution in [-0.2, 0) is 6.42 Å². The van der Waals surface area contributed by atoms with Gasteiger partial charge in [-0.2, -0.15) is 0 Å². The van der Waals surface area contributed by atoms with E-state index in [0.717, 1.165) is 12.5 Å². The molecule has 20 heavy (non-hydrogen) atoms. The minimum atomic E-state index is -0.613. The van der Waals surface area contributed by atoms with E-state index in [2.05, 4.69) is 5.32 Å². The topological polar surface area (TPSA) is 55.2 Å². The van der Waals surface area contributed by atoms with Crippen molar-refractivity contribution in [2.24, 2.45) is 0 Å². The van der Waals surface area contributed by atoms with Crippen molar-refractivity contribution >= 4 is 11.4 Å². The molecule has 0 radical (unpaired) electrons. The number of aryl methyl sites for hydroxylation is 1. The Hall–Kier alpha value is -2.43. The minimum Gasteiger partial charge on any atom is -0.384 e. The van der Waals surface area contributed by atoms with Gasteiger partial charge in [0.2, 0.25) is 0 Å². The van der Waals surface area contributed by atoms with E-state index in [1.165, 1.54) is 23.3 Å². The second-order valence-corrected chi connectivity index (χ2v) is 4.56. The SMILES string of the molecule is Cc1ccccc1CCNc1cc(F)cc([N+](=O)[O-])c1. The lowest BCUT2D eigenvalue weighted by Gasteiger charge is -2.08. The highest BCUT2D eigenvalue weighted by molar-refractivity contribution is 5.51. The Morgan fingerprint density at radius 1 is 1.25 bits per heavy atom. The Balaban J connectivity index is 2.01. The zero-order valence-corrected chi connectivity index (χ0v) is 11.1. The van der Waals surface area contributed by atoms with Crippen LogP contribution in [0.25, 0.3) is 0 Å². The number of hydrogen-bond donors (Lipinski definition) is 1. The molecule has 104 valence electrons. The fourth-order valence-corrected chi connectivity index (χ4v) is 2.01. The summed E-state index contributed by atoms with van der Waals surface area (Å²) in [5, 5.41) is 13.7. The predicted molar refractivity (Wildman–Crippen MR) is 76.4 cm³/mol. The second kappa shape index (κ2) is 6.14. The van der Waals surface area contributed by atoms with Crippen molar-refractivity contribution in [2.45, 2.75) is 13.3 Å². The van der Waals surface area contributed by atoms with Gasteiger partial charge in [-0.05, 0) is 30.5 Å². The summed E-state index contributed by atoms with van der Waals surface area (Å²) in [6.45, 7) is 2.62. The van der Waals surface area contributed by atoms with Gasteiger partial charge in [-0.15, -0.1) is 0 Å². The first kappa shape index (κ1) is 14.0. The highest BCUT2D eigenvalue weighted by atomic mass is 19.1. The number of nitrogens with one attached hydrogen (secondary N) is 1. The number of halogens is 1. The average Bonchev–Trinajstić information content (AvgIpc) is 2.40. The molecule has 0 fully saturated rings. The fraction of sp³-hybridized carbons (Fsp3) is 0.200. The van der Waals surface area contributed by atoms with E-state index < -0.39 is 10.7 Å². The summed E-state index contributed by atoms with van der Waals surface area (Å²) >= 11 is 0. The molecule has 0 aliphatic heterocycles. The first-order valence-corrected chi connectivity index (χ1v) is 6.29. The first-order chi connectivity index (χ1) is 9.56. The second-order valence-electron chi connectivity index (χ2n) is 4.56. The fourth-order valence-electron chi connectivity index (χ4n) is 2.01. The van der Waals surface area contributed by atoms with Crippen LogP contribution in [-0.4, -0.2) is 11.5 Å². The maximum absolute atomic E-state index is 13.3. The summed E-state index contributed by atoms with van der Waals surface area (Å²) in [6.07, 6.45) is 0.775. The highest BCUT2D eigenvalue weighted by Gasteiger charge is 2.09. The van der Waals surface area contributed by atoms with Crippen LogP contribution in [0.1, 0.15) is 11.1 Å². The molecule has 2 rings (SSSR count). The maximum Gasteiger partial charge on any atom is 0.274 e. The molecule has 0 atom stereocenters. The van der Waals surface area contributed by atoms with Crippen molar-refractivity contribution in [3.05, 3.63) is 69.5 Å². The summed E-state index contributed by atoms with van der Waals surface area (Å²) in [7, 11) is 0.